The summed E-state index contributed by atoms with van der Waals surface area (Å²) in [7, 11) is 0. The molecule has 0 aliphatic carbocycles. The molecule has 0 spiro atoms. The molecule has 5 nitrogen and oxygen atoms in total. The molecule has 2 bridgehead atoms. The maximum absolute atomic E-state index is 5.90. The normalized spacial score (nSPS) is 25.8. The second-order valence-corrected chi connectivity index (χ2v) is 9.10. The van der Waals surface area contributed by atoms with Gasteiger partial charge in [-0.05, 0) is 37.7 Å². The van der Waals surface area contributed by atoms with Crippen molar-refractivity contribution in [2.45, 2.75) is 57.7 Å². The van der Waals surface area contributed by atoms with Gasteiger partial charge in [-0.2, -0.15) is 0 Å². The third-order valence-corrected chi connectivity index (χ3v) is 6.94. The van der Waals surface area contributed by atoms with Crippen molar-refractivity contribution < 1.29 is 4.74 Å². The molecule has 3 aliphatic rings. The number of para-hydroxylation sites is 1. The number of anilines is 1. The molecule has 3 aliphatic heterocycles. The first-order chi connectivity index (χ1) is 14.7. The number of ether oxygens (including phenoxy) is 1. The van der Waals surface area contributed by atoms with Gasteiger partial charge in [-0.1, -0.05) is 37.8 Å². The van der Waals surface area contributed by atoms with E-state index in [4.69, 9.17) is 14.7 Å². The molecule has 30 heavy (non-hydrogen) atoms. The van der Waals surface area contributed by atoms with E-state index in [-0.39, 0.29) is 0 Å². The van der Waals surface area contributed by atoms with Gasteiger partial charge in [0.1, 0.15) is 12.4 Å². The Morgan fingerprint density at radius 1 is 1.23 bits per heavy atom. The molecule has 2 saturated heterocycles. The fourth-order valence-electron chi connectivity index (χ4n) is 5.45. The third-order valence-electron chi connectivity index (χ3n) is 6.94. The SMILES string of the molecule is C=CCOc1ccccc1CN1[C@H]2CC[C@H]1c1cnc(N3CCC[C@@H](C)C3)nc1C2. The topological polar surface area (TPSA) is 41.5 Å². The summed E-state index contributed by atoms with van der Waals surface area (Å²) in [5.41, 5.74) is 3.86. The summed E-state index contributed by atoms with van der Waals surface area (Å²) in [5, 5.41) is 0. The van der Waals surface area contributed by atoms with Crippen molar-refractivity contribution in [2.24, 2.45) is 5.92 Å². The van der Waals surface area contributed by atoms with Crippen molar-refractivity contribution in [3.8, 4) is 5.75 Å². The number of piperidine rings is 1. The van der Waals surface area contributed by atoms with Gasteiger partial charge in [0.05, 0.1) is 5.69 Å². The number of benzene rings is 1. The van der Waals surface area contributed by atoms with Gasteiger partial charge in [0.2, 0.25) is 5.95 Å². The van der Waals surface area contributed by atoms with Gasteiger partial charge in [0, 0.05) is 55.5 Å². The number of rotatable bonds is 6. The predicted molar refractivity (Wildman–Crippen MR) is 120 cm³/mol. The van der Waals surface area contributed by atoms with Gasteiger partial charge in [-0.25, -0.2) is 9.97 Å². The zero-order valence-electron chi connectivity index (χ0n) is 18.0. The van der Waals surface area contributed by atoms with Crippen molar-refractivity contribution in [2.75, 3.05) is 24.6 Å². The van der Waals surface area contributed by atoms with E-state index in [1.807, 2.05) is 6.07 Å². The average Bonchev–Trinajstić information content (AvgIpc) is 3.04. The molecule has 3 atom stereocenters. The van der Waals surface area contributed by atoms with E-state index >= 15 is 0 Å². The second kappa shape index (κ2) is 8.38. The Balaban J connectivity index is 1.37. The molecule has 1 aromatic heterocycles. The lowest BCUT2D eigenvalue weighted by atomic mass is 9.98. The molecule has 4 heterocycles. The van der Waals surface area contributed by atoms with E-state index in [2.05, 4.69) is 47.7 Å². The molecule has 0 N–H and O–H groups in total. The first-order valence-electron chi connectivity index (χ1n) is 11.4. The number of aromatic nitrogens is 2. The lowest BCUT2D eigenvalue weighted by Gasteiger charge is -2.37. The highest BCUT2D eigenvalue weighted by atomic mass is 16.5. The first-order valence-corrected chi connectivity index (χ1v) is 11.4. The Labute approximate surface area is 179 Å². The molecule has 0 amide bonds. The molecule has 158 valence electrons. The maximum atomic E-state index is 5.90. The first kappa shape index (κ1) is 19.6. The van der Waals surface area contributed by atoms with Crippen LogP contribution in [0.5, 0.6) is 5.75 Å². The van der Waals surface area contributed by atoms with Crippen LogP contribution in [-0.4, -0.2) is 40.6 Å². The minimum Gasteiger partial charge on any atom is -0.489 e. The molecule has 2 fully saturated rings. The van der Waals surface area contributed by atoms with E-state index in [0.29, 0.717) is 18.7 Å². The van der Waals surface area contributed by atoms with Crippen molar-refractivity contribution >= 4 is 5.95 Å². The molecule has 1 aromatic carbocycles. The van der Waals surface area contributed by atoms with E-state index < -0.39 is 0 Å². The molecule has 0 unspecified atom stereocenters. The van der Waals surface area contributed by atoms with Crippen LogP contribution in [-0.2, 0) is 13.0 Å². The Hall–Kier alpha value is -2.40. The van der Waals surface area contributed by atoms with Crippen molar-refractivity contribution in [3.63, 3.8) is 0 Å². The summed E-state index contributed by atoms with van der Waals surface area (Å²) >= 11 is 0. The number of hydrogen-bond donors (Lipinski definition) is 0. The Morgan fingerprint density at radius 3 is 3.00 bits per heavy atom. The molecule has 5 rings (SSSR count). The molecule has 5 heteroatoms. The smallest absolute Gasteiger partial charge is 0.225 e. The minimum atomic E-state index is 0.417. The minimum absolute atomic E-state index is 0.417. The summed E-state index contributed by atoms with van der Waals surface area (Å²) in [6.07, 6.45) is 9.93. The predicted octanol–water partition coefficient (Wildman–Crippen LogP) is 4.54. The largest absolute Gasteiger partial charge is 0.489 e. The van der Waals surface area contributed by atoms with Crippen molar-refractivity contribution in [1.82, 2.24) is 14.9 Å². The van der Waals surface area contributed by atoms with Crippen LogP contribution in [0.4, 0.5) is 5.95 Å². The fraction of sp³-hybridized carbons (Fsp3) is 0.520. The molecule has 0 radical (unpaired) electrons. The lowest BCUT2D eigenvalue weighted by Crippen LogP contribution is -2.39. The molecular formula is C25H32N4O. The highest BCUT2D eigenvalue weighted by Crippen LogP contribution is 2.44. The Bertz CT molecular complexity index is 914. The summed E-state index contributed by atoms with van der Waals surface area (Å²) < 4.78 is 5.90. The van der Waals surface area contributed by atoms with Gasteiger partial charge in [0.25, 0.3) is 0 Å². The Kier molecular flexibility index (Phi) is 5.47. The van der Waals surface area contributed by atoms with E-state index in [0.717, 1.165) is 43.7 Å². The van der Waals surface area contributed by atoms with Gasteiger partial charge >= 0.3 is 0 Å². The fourth-order valence-corrected chi connectivity index (χ4v) is 5.45. The van der Waals surface area contributed by atoms with E-state index in [9.17, 15) is 0 Å². The monoisotopic (exact) mass is 404 g/mol. The summed E-state index contributed by atoms with van der Waals surface area (Å²) in [6.45, 7) is 9.72. The molecule has 0 saturated carbocycles. The summed E-state index contributed by atoms with van der Waals surface area (Å²) in [5.74, 6) is 2.64. The van der Waals surface area contributed by atoms with Gasteiger partial charge < -0.3 is 9.64 Å². The van der Waals surface area contributed by atoms with Crippen molar-refractivity contribution in [3.05, 3.63) is 59.9 Å². The highest BCUT2D eigenvalue weighted by molar-refractivity contribution is 5.39. The van der Waals surface area contributed by atoms with Crippen LogP contribution in [0.2, 0.25) is 0 Å². The van der Waals surface area contributed by atoms with Crippen LogP contribution in [0.1, 0.15) is 55.5 Å². The van der Waals surface area contributed by atoms with Crippen LogP contribution >= 0.6 is 0 Å². The Morgan fingerprint density at radius 2 is 2.13 bits per heavy atom. The van der Waals surface area contributed by atoms with Crippen LogP contribution in [0.15, 0.2) is 43.1 Å². The average molecular weight is 405 g/mol. The standard InChI is InChI=1S/C25H32N4O/c1-3-13-30-24-9-5-4-8-19(24)17-29-20-10-11-23(29)21-15-26-25(27-22(21)14-20)28-12-6-7-18(2)16-28/h3-5,8-9,15,18,20,23H,1,6-7,10-14,16-17H2,2H3/t18-,20+,23+/m1/s1. The van der Waals surface area contributed by atoms with Crippen LogP contribution in [0, 0.1) is 5.92 Å². The number of fused-ring (bicyclic) bond motifs is 4. The zero-order chi connectivity index (χ0) is 20.5. The summed E-state index contributed by atoms with van der Waals surface area (Å²) in [6, 6.07) is 9.36. The van der Waals surface area contributed by atoms with E-state index in [1.54, 1.807) is 6.08 Å². The second-order valence-electron chi connectivity index (χ2n) is 9.10. The summed E-state index contributed by atoms with van der Waals surface area (Å²) in [4.78, 5) is 14.9. The zero-order valence-corrected chi connectivity index (χ0v) is 18.0. The van der Waals surface area contributed by atoms with Crippen LogP contribution < -0.4 is 9.64 Å². The number of hydrogen-bond acceptors (Lipinski definition) is 5. The van der Waals surface area contributed by atoms with E-state index in [1.165, 1.54) is 42.5 Å². The maximum Gasteiger partial charge on any atom is 0.225 e. The van der Waals surface area contributed by atoms with Crippen LogP contribution in [0.25, 0.3) is 0 Å². The molecular weight excluding hydrogens is 372 g/mol. The quantitative estimate of drug-likeness (QED) is 0.661. The van der Waals surface area contributed by atoms with Gasteiger partial charge in [-0.3, -0.25) is 4.90 Å². The van der Waals surface area contributed by atoms with Crippen LogP contribution in [0.3, 0.4) is 0 Å². The van der Waals surface area contributed by atoms with Crippen molar-refractivity contribution in [1.29, 1.82) is 0 Å². The molecule has 2 aromatic rings. The highest BCUT2D eigenvalue weighted by Gasteiger charge is 2.41. The lowest BCUT2D eigenvalue weighted by molar-refractivity contribution is 0.164. The number of nitrogens with zero attached hydrogens (tertiary/aromatic N) is 4. The third kappa shape index (κ3) is 3.71. The van der Waals surface area contributed by atoms with Gasteiger partial charge in [0.15, 0.2) is 0 Å². The van der Waals surface area contributed by atoms with Gasteiger partial charge in [-0.15, -0.1) is 0 Å².